The molecule has 3 rings (SSSR count). The Labute approximate surface area is 156 Å². The van der Waals surface area contributed by atoms with Crippen LogP contribution in [0.15, 0.2) is 36.4 Å². The molecule has 0 saturated carbocycles. The van der Waals surface area contributed by atoms with Crippen LogP contribution in [-0.4, -0.2) is 37.1 Å². The molecular formula is C20H19N3O4. The number of ether oxygens (including phenoxy) is 3. The molecule has 0 bridgehead atoms. The minimum Gasteiger partial charge on any atom is -0.493 e. The number of methoxy groups -OCH3 is 3. The van der Waals surface area contributed by atoms with Crippen molar-refractivity contribution < 1.29 is 19.0 Å². The summed E-state index contributed by atoms with van der Waals surface area (Å²) in [4.78, 5) is 20.2. The van der Waals surface area contributed by atoms with Crippen LogP contribution in [0.2, 0.25) is 0 Å². The first-order valence-electron chi connectivity index (χ1n) is 8.27. The largest absolute Gasteiger partial charge is 0.493 e. The van der Waals surface area contributed by atoms with Crippen molar-refractivity contribution in [3.63, 3.8) is 0 Å². The predicted molar refractivity (Wildman–Crippen MR) is 99.3 cm³/mol. The highest BCUT2D eigenvalue weighted by molar-refractivity contribution is 5.90. The molecule has 0 spiro atoms. The highest BCUT2D eigenvalue weighted by Crippen LogP contribution is 2.38. The zero-order chi connectivity index (χ0) is 19.4. The van der Waals surface area contributed by atoms with Crippen molar-refractivity contribution in [1.29, 1.82) is 5.26 Å². The van der Waals surface area contributed by atoms with Gasteiger partial charge in [-0.1, -0.05) is 12.1 Å². The highest BCUT2D eigenvalue weighted by atomic mass is 16.5. The molecule has 0 unspecified atom stereocenters. The lowest BCUT2D eigenvalue weighted by Gasteiger charge is -2.14. The van der Waals surface area contributed by atoms with Gasteiger partial charge in [0.1, 0.15) is 5.82 Å². The predicted octanol–water partition coefficient (Wildman–Crippen LogP) is 3.01. The number of rotatable bonds is 7. The summed E-state index contributed by atoms with van der Waals surface area (Å²) in [6.45, 7) is 0. The molecule has 3 aromatic rings. The molecule has 0 saturated heterocycles. The minimum absolute atomic E-state index is 0.0337. The fourth-order valence-electron chi connectivity index (χ4n) is 2.94. The first kappa shape index (κ1) is 18.3. The molecule has 138 valence electrons. The number of ketones is 1. The number of Topliss-reactive ketones (excluding diaryl/α,β-unsaturated/α-hetero) is 1. The number of carbonyl (C=O) groups is 1. The molecule has 0 aliphatic heterocycles. The second-order valence-corrected chi connectivity index (χ2v) is 5.88. The second-order valence-electron chi connectivity index (χ2n) is 5.88. The zero-order valence-corrected chi connectivity index (χ0v) is 15.3. The van der Waals surface area contributed by atoms with E-state index < -0.39 is 5.92 Å². The number of aromatic amines is 1. The summed E-state index contributed by atoms with van der Waals surface area (Å²) >= 11 is 0. The normalized spacial score (nSPS) is 11.6. The molecule has 2 aromatic carbocycles. The number of nitrogens with one attached hydrogen (secondary N) is 1. The van der Waals surface area contributed by atoms with E-state index in [-0.39, 0.29) is 12.2 Å². The number of hydrogen-bond donors (Lipinski definition) is 1. The van der Waals surface area contributed by atoms with E-state index in [2.05, 4.69) is 9.97 Å². The van der Waals surface area contributed by atoms with E-state index in [0.29, 0.717) is 34.2 Å². The summed E-state index contributed by atoms with van der Waals surface area (Å²) in [7, 11) is 4.53. The summed E-state index contributed by atoms with van der Waals surface area (Å²) in [5.74, 6) is 0.442. The SMILES string of the molecule is COc1cc(CC(=O)[C@H](C#N)c2nc3ccccc3[nH]2)cc(OC)c1OC. The number of para-hydroxylation sites is 2. The lowest BCUT2D eigenvalue weighted by Crippen LogP contribution is -2.15. The number of nitriles is 1. The van der Waals surface area contributed by atoms with Crippen LogP contribution >= 0.6 is 0 Å². The molecule has 0 aliphatic carbocycles. The van der Waals surface area contributed by atoms with Crippen LogP contribution in [0.3, 0.4) is 0 Å². The van der Waals surface area contributed by atoms with Crippen LogP contribution < -0.4 is 14.2 Å². The van der Waals surface area contributed by atoms with Gasteiger partial charge in [-0.15, -0.1) is 0 Å². The quantitative estimate of drug-likeness (QED) is 0.691. The molecule has 0 radical (unpaired) electrons. The van der Waals surface area contributed by atoms with Gasteiger partial charge in [-0.05, 0) is 29.8 Å². The summed E-state index contributed by atoms with van der Waals surface area (Å²) in [5.41, 5.74) is 2.16. The van der Waals surface area contributed by atoms with Crippen molar-refractivity contribution in [1.82, 2.24) is 9.97 Å². The van der Waals surface area contributed by atoms with Crippen LogP contribution in [0.1, 0.15) is 17.3 Å². The average Bonchev–Trinajstić information content (AvgIpc) is 3.11. The fourth-order valence-corrected chi connectivity index (χ4v) is 2.94. The van der Waals surface area contributed by atoms with Crippen LogP contribution in [-0.2, 0) is 11.2 Å². The fraction of sp³-hybridized carbons (Fsp3) is 0.250. The number of carbonyl (C=O) groups excluding carboxylic acids is 1. The maximum Gasteiger partial charge on any atom is 0.203 e. The zero-order valence-electron chi connectivity index (χ0n) is 15.3. The highest BCUT2D eigenvalue weighted by Gasteiger charge is 2.25. The Morgan fingerprint density at radius 1 is 1.15 bits per heavy atom. The van der Waals surface area contributed by atoms with Gasteiger partial charge in [-0.2, -0.15) is 5.26 Å². The van der Waals surface area contributed by atoms with E-state index >= 15 is 0 Å². The monoisotopic (exact) mass is 365 g/mol. The minimum atomic E-state index is -0.989. The molecule has 0 aliphatic rings. The number of fused-ring (bicyclic) bond motifs is 1. The number of nitrogens with zero attached hydrogens (tertiary/aromatic N) is 2. The molecule has 1 atom stereocenters. The first-order valence-corrected chi connectivity index (χ1v) is 8.27. The van der Waals surface area contributed by atoms with E-state index in [0.717, 1.165) is 5.52 Å². The standard InChI is InChI=1S/C20H19N3O4/c1-25-17-9-12(10-18(26-2)19(17)27-3)8-16(24)13(11-21)20-22-14-6-4-5-7-15(14)23-20/h4-7,9-10,13H,8H2,1-3H3,(H,22,23)/t13-/m0/s1. The topological polar surface area (TPSA) is 97.2 Å². The van der Waals surface area contributed by atoms with E-state index in [1.54, 1.807) is 12.1 Å². The van der Waals surface area contributed by atoms with Crippen molar-refractivity contribution in [3.05, 3.63) is 47.8 Å². The van der Waals surface area contributed by atoms with E-state index in [9.17, 15) is 10.1 Å². The first-order chi connectivity index (χ1) is 13.1. The van der Waals surface area contributed by atoms with Gasteiger partial charge < -0.3 is 19.2 Å². The van der Waals surface area contributed by atoms with Crippen LogP contribution in [0, 0.1) is 11.3 Å². The summed E-state index contributed by atoms with van der Waals surface area (Å²) in [6, 6.07) is 12.8. The molecule has 7 nitrogen and oxygen atoms in total. The van der Waals surface area contributed by atoms with Gasteiger partial charge in [0, 0.05) is 6.42 Å². The van der Waals surface area contributed by atoms with Gasteiger partial charge in [0.25, 0.3) is 0 Å². The lowest BCUT2D eigenvalue weighted by atomic mass is 9.98. The lowest BCUT2D eigenvalue weighted by molar-refractivity contribution is -0.118. The third-order valence-electron chi connectivity index (χ3n) is 4.24. The summed E-state index contributed by atoms with van der Waals surface area (Å²) < 4.78 is 15.9. The number of H-pyrrole nitrogens is 1. The molecule has 1 heterocycles. The van der Waals surface area contributed by atoms with E-state index in [4.69, 9.17) is 14.2 Å². The number of aromatic nitrogens is 2. The van der Waals surface area contributed by atoms with Crippen LogP contribution in [0.25, 0.3) is 11.0 Å². The smallest absolute Gasteiger partial charge is 0.203 e. The third kappa shape index (κ3) is 3.55. The van der Waals surface area contributed by atoms with Crippen LogP contribution in [0.5, 0.6) is 17.2 Å². The molecule has 27 heavy (non-hydrogen) atoms. The Morgan fingerprint density at radius 2 is 1.81 bits per heavy atom. The molecular weight excluding hydrogens is 346 g/mol. The number of imidazole rings is 1. The molecule has 0 fully saturated rings. The number of hydrogen-bond acceptors (Lipinski definition) is 6. The van der Waals surface area contributed by atoms with Gasteiger partial charge in [0.2, 0.25) is 5.75 Å². The number of benzene rings is 2. The maximum absolute atomic E-state index is 12.8. The van der Waals surface area contributed by atoms with Crippen molar-refractivity contribution in [2.75, 3.05) is 21.3 Å². The van der Waals surface area contributed by atoms with Gasteiger partial charge in [0.15, 0.2) is 23.2 Å². The van der Waals surface area contributed by atoms with Gasteiger partial charge in [-0.25, -0.2) is 4.98 Å². The average molecular weight is 365 g/mol. The van der Waals surface area contributed by atoms with Gasteiger partial charge in [0.05, 0.1) is 38.4 Å². The van der Waals surface area contributed by atoms with E-state index in [1.165, 1.54) is 21.3 Å². The van der Waals surface area contributed by atoms with Crippen molar-refractivity contribution in [3.8, 4) is 23.3 Å². The molecule has 7 heteroatoms. The Morgan fingerprint density at radius 3 is 2.37 bits per heavy atom. The van der Waals surface area contributed by atoms with Crippen molar-refractivity contribution in [2.24, 2.45) is 0 Å². The van der Waals surface area contributed by atoms with Crippen LogP contribution in [0.4, 0.5) is 0 Å². The van der Waals surface area contributed by atoms with Gasteiger partial charge in [-0.3, -0.25) is 4.79 Å². The second kappa shape index (κ2) is 7.79. The summed E-state index contributed by atoms with van der Waals surface area (Å²) in [6.07, 6.45) is 0.0337. The van der Waals surface area contributed by atoms with Crippen molar-refractivity contribution in [2.45, 2.75) is 12.3 Å². The molecule has 1 aromatic heterocycles. The Kier molecular flexibility index (Phi) is 5.27. The Hall–Kier alpha value is -3.53. The van der Waals surface area contributed by atoms with Crippen molar-refractivity contribution >= 4 is 16.8 Å². The summed E-state index contributed by atoms with van der Waals surface area (Å²) in [5, 5.41) is 9.54. The van der Waals surface area contributed by atoms with E-state index in [1.807, 2.05) is 30.3 Å². The molecule has 0 amide bonds. The maximum atomic E-state index is 12.8. The van der Waals surface area contributed by atoms with Gasteiger partial charge >= 0.3 is 0 Å². The third-order valence-corrected chi connectivity index (χ3v) is 4.24. The Bertz CT molecular complexity index is 961. The molecule has 1 N–H and O–H groups in total. The Balaban J connectivity index is 1.90.